The highest BCUT2D eigenvalue weighted by molar-refractivity contribution is 5.96. The molecule has 0 saturated heterocycles. The Kier molecular flexibility index (Phi) is 4.59. The molecule has 10 heteroatoms. The van der Waals surface area contributed by atoms with Gasteiger partial charge < -0.3 is 10.1 Å². The fourth-order valence-corrected chi connectivity index (χ4v) is 3.03. The molecular weight excluding hydrogens is 381 g/mol. The van der Waals surface area contributed by atoms with Crippen LogP contribution in [0.1, 0.15) is 5.82 Å². The highest BCUT2D eigenvalue weighted by Crippen LogP contribution is 2.24. The highest BCUT2D eigenvalue weighted by Gasteiger charge is 2.33. The standard InChI is InChI=1S/C19H16FN5O4/c1-29-13-8-6-12(7-9-13)23-10-16-22-24(19(28)25(16)18(23)27)11-17(26)21-15-5-3-2-4-14(15)20/h2-9H,10-11H2,1H3,(H,21,26). The molecule has 3 aromatic rings. The van der Waals surface area contributed by atoms with Crippen LogP contribution in [0, 0.1) is 5.82 Å². The number of hydrogen-bond donors (Lipinski definition) is 1. The molecule has 2 heterocycles. The Labute approximate surface area is 163 Å². The molecular formula is C19H16FN5O4. The number of nitrogens with zero attached hydrogens (tertiary/aromatic N) is 4. The van der Waals surface area contributed by atoms with Crippen LogP contribution >= 0.6 is 0 Å². The van der Waals surface area contributed by atoms with E-state index in [1.165, 1.54) is 30.2 Å². The van der Waals surface area contributed by atoms with E-state index in [9.17, 15) is 18.8 Å². The molecule has 0 atom stereocenters. The van der Waals surface area contributed by atoms with Gasteiger partial charge in [0.25, 0.3) is 0 Å². The second-order valence-corrected chi connectivity index (χ2v) is 6.29. The first-order valence-electron chi connectivity index (χ1n) is 8.67. The van der Waals surface area contributed by atoms with Crippen LogP contribution in [0.2, 0.25) is 0 Å². The molecule has 0 aliphatic carbocycles. The number of carbonyl (C=O) groups is 2. The molecule has 1 aliphatic rings. The van der Waals surface area contributed by atoms with Crippen LogP contribution in [-0.2, 0) is 17.9 Å². The van der Waals surface area contributed by atoms with Crippen LogP contribution in [0.5, 0.6) is 5.75 Å². The van der Waals surface area contributed by atoms with E-state index in [4.69, 9.17) is 4.74 Å². The molecule has 1 aliphatic heterocycles. The number of hydrogen-bond acceptors (Lipinski definition) is 5. The number of fused-ring (bicyclic) bond motifs is 1. The van der Waals surface area contributed by atoms with Gasteiger partial charge in [-0.15, -0.1) is 0 Å². The summed E-state index contributed by atoms with van der Waals surface area (Å²) in [6.45, 7) is -0.356. The number of aromatic nitrogens is 3. The van der Waals surface area contributed by atoms with Crippen molar-refractivity contribution in [3.05, 3.63) is 70.7 Å². The van der Waals surface area contributed by atoms with E-state index >= 15 is 0 Å². The monoisotopic (exact) mass is 397 g/mol. The summed E-state index contributed by atoms with van der Waals surface area (Å²) in [6, 6.07) is 11.9. The lowest BCUT2D eigenvalue weighted by Crippen LogP contribution is -2.36. The number of halogens is 1. The van der Waals surface area contributed by atoms with Gasteiger partial charge in [0.1, 0.15) is 18.1 Å². The van der Waals surface area contributed by atoms with Crippen molar-refractivity contribution < 1.29 is 18.7 Å². The number of ether oxygens (including phenoxy) is 1. The summed E-state index contributed by atoms with van der Waals surface area (Å²) in [7, 11) is 1.54. The molecule has 0 spiro atoms. The van der Waals surface area contributed by atoms with Gasteiger partial charge in [-0.3, -0.25) is 9.69 Å². The number of amides is 2. The zero-order chi connectivity index (χ0) is 20.5. The van der Waals surface area contributed by atoms with Gasteiger partial charge in [0, 0.05) is 5.69 Å². The molecule has 0 radical (unpaired) electrons. The number of methoxy groups -OCH3 is 1. The molecule has 29 heavy (non-hydrogen) atoms. The van der Waals surface area contributed by atoms with Gasteiger partial charge in [-0.1, -0.05) is 12.1 Å². The number of rotatable bonds is 5. The van der Waals surface area contributed by atoms with Gasteiger partial charge in [-0.05, 0) is 36.4 Å². The Morgan fingerprint density at radius 1 is 1.17 bits per heavy atom. The minimum Gasteiger partial charge on any atom is -0.497 e. The van der Waals surface area contributed by atoms with Gasteiger partial charge in [-0.2, -0.15) is 9.67 Å². The maximum absolute atomic E-state index is 13.6. The van der Waals surface area contributed by atoms with Crippen molar-refractivity contribution in [1.82, 2.24) is 14.3 Å². The Bertz CT molecular complexity index is 1150. The summed E-state index contributed by atoms with van der Waals surface area (Å²) in [4.78, 5) is 38.7. The third-order valence-electron chi connectivity index (χ3n) is 4.45. The van der Waals surface area contributed by atoms with Crippen molar-refractivity contribution in [2.45, 2.75) is 13.1 Å². The second-order valence-electron chi connectivity index (χ2n) is 6.29. The van der Waals surface area contributed by atoms with Crippen LogP contribution in [0.25, 0.3) is 0 Å². The van der Waals surface area contributed by atoms with Crippen molar-refractivity contribution in [1.29, 1.82) is 0 Å². The number of benzene rings is 2. The minimum absolute atomic E-state index is 0.000874. The quantitative estimate of drug-likeness (QED) is 0.708. The Morgan fingerprint density at radius 3 is 2.55 bits per heavy atom. The van der Waals surface area contributed by atoms with Gasteiger partial charge in [0.2, 0.25) is 5.91 Å². The smallest absolute Gasteiger partial charge is 0.354 e. The van der Waals surface area contributed by atoms with E-state index in [1.807, 2.05) is 0 Å². The Hall–Kier alpha value is -3.95. The molecule has 9 nitrogen and oxygen atoms in total. The number of para-hydroxylation sites is 1. The summed E-state index contributed by atoms with van der Waals surface area (Å²) in [5.41, 5.74) is -0.145. The van der Waals surface area contributed by atoms with Gasteiger partial charge in [0.05, 0.1) is 19.3 Å². The third kappa shape index (κ3) is 3.35. The van der Waals surface area contributed by atoms with Crippen molar-refractivity contribution >= 4 is 23.3 Å². The summed E-state index contributed by atoms with van der Waals surface area (Å²) in [5, 5.41) is 6.46. The van der Waals surface area contributed by atoms with Gasteiger partial charge in [-0.25, -0.2) is 18.7 Å². The number of nitrogens with one attached hydrogen (secondary N) is 1. The first-order chi connectivity index (χ1) is 14.0. The fraction of sp³-hybridized carbons (Fsp3) is 0.158. The second kappa shape index (κ2) is 7.23. The largest absolute Gasteiger partial charge is 0.497 e. The van der Waals surface area contributed by atoms with Crippen molar-refractivity contribution in [2.24, 2.45) is 0 Å². The van der Waals surface area contributed by atoms with E-state index in [1.54, 1.807) is 30.3 Å². The SMILES string of the molecule is COc1ccc(N2Cc3nn(CC(=O)Nc4ccccc4F)c(=O)n3C2=O)cc1. The molecule has 0 saturated carbocycles. The van der Waals surface area contributed by atoms with Crippen molar-refractivity contribution in [3.63, 3.8) is 0 Å². The molecule has 1 aromatic heterocycles. The molecule has 0 unspecified atom stereocenters. The van der Waals surface area contributed by atoms with Crippen LogP contribution in [0.15, 0.2) is 53.3 Å². The fourth-order valence-electron chi connectivity index (χ4n) is 3.03. The topological polar surface area (TPSA) is 98.5 Å². The van der Waals surface area contributed by atoms with Gasteiger partial charge in [0.15, 0.2) is 5.82 Å². The van der Waals surface area contributed by atoms with Gasteiger partial charge >= 0.3 is 11.7 Å². The molecule has 0 fully saturated rings. The number of anilines is 2. The molecule has 2 amide bonds. The van der Waals surface area contributed by atoms with Crippen LogP contribution in [-0.4, -0.2) is 33.4 Å². The Balaban J connectivity index is 1.51. The zero-order valence-corrected chi connectivity index (χ0v) is 15.3. The lowest BCUT2D eigenvalue weighted by atomic mass is 10.3. The Morgan fingerprint density at radius 2 is 1.90 bits per heavy atom. The maximum atomic E-state index is 13.6. The maximum Gasteiger partial charge on any atom is 0.354 e. The predicted octanol–water partition coefficient (Wildman–Crippen LogP) is 1.82. The predicted molar refractivity (Wildman–Crippen MR) is 101 cm³/mol. The summed E-state index contributed by atoms with van der Waals surface area (Å²) in [6.07, 6.45) is 0. The zero-order valence-electron chi connectivity index (χ0n) is 15.3. The van der Waals surface area contributed by atoms with Crippen LogP contribution < -0.4 is 20.6 Å². The van der Waals surface area contributed by atoms with Crippen LogP contribution in [0.4, 0.5) is 20.6 Å². The average molecular weight is 397 g/mol. The normalized spacial score (nSPS) is 12.8. The molecule has 0 bridgehead atoms. The summed E-state index contributed by atoms with van der Waals surface area (Å²) >= 11 is 0. The minimum atomic E-state index is -0.732. The van der Waals surface area contributed by atoms with E-state index < -0.39 is 30.0 Å². The summed E-state index contributed by atoms with van der Waals surface area (Å²) < 4.78 is 20.5. The van der Waals surface area contributed by atoms with Crippen molar-refractivity contribution in [3.8, 4) is 5.75 Å². The third-order valence-corrected chi connectivity index (χ3v) is 4.45. The lowest BCUT2D eigenvalue weighted by Gasteiger charge is -2.15. The van der Waals surface area contributed by atoms with E-state index in [-0.39, 0.29) is 18.1 Å². The van der Waals surface area contributed by atoms with Crippen LogP contribution in [0.3, 0.4) is 0 Å². The first-order valence-corrected chi connectivity index (χ1v) is 8.67. The lowest BCUT2D eigenvalue weighted by molar-refractivity contribution is -0.117. The average Bonchev–Trinajstić information content (AvgIpc) is 3.20. The first kappa shape index (κ1) is 18.4. The molecule has 4 rings (SSSR count). The highest BCUT2D eigenvalue weighted by atomic mass is 19.1. The molecule has 2 aromatic carbocycles. The molecule has 148 valence electrons. The van der Waals surface area contributed by atoms with E-state index in [0.29, 0.717) is 11.4 Å². The van der Waals surface area contributed by atoms with E-state index in [0.717, 1.165) is 9.25 Å². The number of carbonyl (C=O) groups excluding carboxylic acids is 2. The molecule has 1 N–H and O–H groups in total. The van der Waals surface area contributed by atoms with E-state index in [2.05, 4.69) is 10.4 Å². The van der Waals surface area contributed by atoms with Crippen molar-refractivity contribution in [2.75, 3.05) is 17.3 Å². The summed E-state index contributed by atoms with van der Waals surface area (Å²) in [5.74, 6) is -0.366.